The van der Waals surface area contributed by atoms with Crippen molar-refractivity contribution in [2.24, 2.45) is 0 Å². The van der Waals surface area contributed by atoms with Gasteiger partial charge in [0.05, 0.1) is 34.4 Å². The van der Waals surface area contributed by atoms with Crippen LogP contribution in [0.25, 0.3) is 0 Å². The number of hydrogen-bond acceptors (Lipinski definition) is 3. The summed E-state index contributed by atoms with van der Waals surface area (Å²) in [5.41, 5.74) is 0. The molecule has 0 rings (SSSR count). The maximum atomic E-state index is 10.4. The van der Waals surface area contributed by atoms with Gasteiger partial charge in [-0.05, 0) is 6.42 Å². The predicted octanol–water partition coefficient (Wildman–Crippen LogP) is 3.70. The fraction of sp³-hybridized carbons (Fsp3) is 1.00. The fourth-order valence-corrected chi connectivity index (χ4v) is 2.44. The van der Waals surface area contributed by atoms with Crippen molar-refractivity contribution in [1.29, 1.82) is 0 Å². The second-order valence-corrected chi connectivity index (χ2v) is 8.48. The number of aliphatic hydroxyl groups excluding tert-OH is 1. The minimum atomic E-state index is -4.24. The van der Waals surface area contributed by atoms with Crippen LogP contribution in [0.15, 0.2) is 0 Å². The van der Waals surface area contributed by atoms with Crippen LogP contribution < -0.4 is 0 Å². The largest absolute Gasteiger partial charge is 0.469 e. The van der Waals surface area contributed by atoms with Crippen LogP contribution in [-0.4, -0.2) is 60.3 Å². The summed E-state index contributed by atoms with van der Waals surface area (Å²) in [6.45, 7) is 3.50. The number of hydrogen-bond donors (Lipinski definition) is 3. The SMILES string of the molecule is CCCCCCCCCCCCOP(=O)(O)O.C[N+](C)(C)CCO. The monoisotopic (exact) mass is 370 g/mol. The number of quaternary nitrogens is 1. The van der Waals surface area contributed by atoms with Gasteiger partial charge in [-0.25, -0.2) is 4.57 Å². The van der Waals surface area contributed by atoms with Gasteiger partial charge in [-0.1, -0.05) is 64.7 Å². The molecule has 0 aromatic rings. The van der Waals surface area contributed by atoms with Crippen molar-refractivity contribution in [2.75, 3.05) is 40.9 Å². The zero-order valence-corrected chi connectivity index (χ0v) is 17.1. The quantitative estimate of drug-likeness (QED) is 0.247. The summed E-state index contributed by atoms with van der Waals surface area (Å²) < 4.78 is 15.6. The van der Waals surface area contributed by atoms with E-state index in [1.807, 2.05) is 0 Å². The highest BCUT2D eigenvalue weighted by atomic mass is 31.2. The molecule has 0 radical (unpaired) electrons. The first kappa shape index (κ1) is 26.3. The standard InChI is InChI=1S/C12H27O4P.C5H14NO/c1-2-3-4-5-6-7-8-9-10-11-12-16-17(13,14)15;1-6(2,3)4-5-7/h2-12H2,1H3,(H2,13,14,15);7H,4-5H2,1-3H3/q;+1. The molecule has 7 heteroatoms. The molecule has 0 saturated carbocycles. The van der Waals surface area contributed by atoms with Gasteiger partial charge in [0.1, 0.15) is 6.54 Å². The Kier molecular flexibility index (Phi) is 18.0. The number of phosphoric acid groups is 1. The zero-order chi connectivity index (χ0) is 18.9. The first-order valence-corrected chi connectivity index (χ1v) is 10.8. The van der Waals surface area contributed by atoms with E-state index in [2.05, 4.69) is 32.6 Å². The Bertz CT molecular complexity index is 302. The van der Waals surface area contributed by atoms with Crippen molar-refractivity contribution >= 4 is 7.82 Å². The molecular formula is C17H41NO5P+. The lowest BCUT2D eigenvalue weighted by atomic mass is 10.1. The van der Waals surface area contributed by atoms with E-state index in [0.29, 0.717) is 0 Å². The molecule has 0 saturated heterocycles. The van der Waals surface area contributed by atoms with E-state index < -0.39 is 7.82 Å². The summed E-state index contributed by atoms with van der Waals surface area (Å²) in [6.07, 6.45) is 12.0. The molecule has 0 heterocycles. The van der Waals surface area contributed by atoms with Gasteiger partial charge >= 0.3 is 7.82 Å². The summed E-state index contributed by atoms with van der Waals surface area (Å²) in [5, 5.41) is 8.39. The minimum Gasteiger partial charge on any atom is -0.391 e. The van der Waals surface area contributed by atoms with Gasteiger partial charge in [0.15, 0.2) is 0 Å². The molecule has 0 aromatic carbocycles. The maximum Gasteiger partial charge on any atom is 0.469 e. The van der Waals surface area contributed by atoms with Gasteiger partial charge in [0.25, 0.3) is 0 Å². The number of rotatable bonds is 14. The Balaban J connectivity index is 0. The zero-order valence-electron chi connectivity index (χ0n) is 16.2. The second-order valence-electron chi connectivity index (χ2n) is 7.24. The lowest BCUT2D eigenvalue weighted by molar-refractivity contribution is -0.870. The average Bonchev–Trinajstić information content (AvgIpc) is 2.43. The number of likely N-dealkylation sites (N-methyl/N-ethyl adjacent to an activating group) is 1. The van der Waals surface area contributed by atoms with Gasteiger partial charge in [0.2, 0.25) is 0 Å². The molecule has 3 N–H and O–H groups in total. The molecule has 148 valence electrons. The Morgan fingerprint density at radius 2 is 1.25 bits per heavy atom. The molecule has 0 bridgehead atoms. The molecule has 0 fully saturated rings. The van der Waals surface area contributed by atoms with Gasteiger partial charge < -0.3 is 19.4 Å². The first-order chi connectivity index (χ1) is 11.1. The second kappa shape index (κ2) is 16.5. The molecule has 0 aliphatic carbocycles. The minimum absolute atomic E-state index is 0.167. The number of nitrogens with zero attached hydrogens (tertiary/aromatic N) is 1. The highest BCUT2D eigenvalue weighted by Gasteiger charge is 2.12. The van der Waals surface area contributed by atoms with Crippen molar-refractivity contribution in [1.82, 2.24) is 0 Å². The molecule has 6 nitrogen and oxygen atoms in total. The van der Waals surface area contributed by atoms with Gasteiger partial charge in [-0.3, -0.25) is 4.52 Å². The Hall–Kier alpha value is 0.0300. The predicted molar refractivity (Wildman–Crippen MR) is 99.8 cm³/mol. The summed E-state index contributed by atoms with van der Waals surface area (Å²) >= 11 is 0. The lowest BCUT2D eigenvalue weighted by Crippen LogP contribution is -2.36. The third kappa shape index (κ3) is 30.0. The third-order valence-corrected chi connectivity index (χ3v) is 4.05. The Morgan fingerprint density at radius 3 is 1.54 bits per heavy atom. The van der Waals surface area contributed by atoms with E-state index in [9.17, 15) is 4.57 Å². The van der Waals surface area contributed by atoms with Crippen molar-refractivity contribution in [3.63, 3.8) is 0 Å². The first-order valence-electron chi connectivity index (χ1n) is 9.24. The van der Waals surface area contributed by atoms with E-state index in [1.165, 1.54) is 44.9 Å². The fourth-order valence-electron chi connectivity index (χ4n) is 2.07. The normalized spacial score (nSPS) is 12.0. The number of phosphoric ester groups is 1. The summed E-state index contributed by atoms with van der Waals surface area (Å²) in [5.74, 6) is 0. The van der Waals surface area contributed by atoms with Crippen LogP contribution in [0, 0.1) is 0 Å². The van der Waals surface area contributed by atoms with Crippen LogP contribution in [-0.2, 0) is 9.09 Å². The van der Waals surface area contributed by atoms with E-state index in [1.54, 1.807) is 0 Å². The van der Waals surface area contributed by atoms with Crippen LogP contribution in [0.4, 0.5) is 0 Å². The van der Waals surface area contributed by atoms with Crippen molar-refractivity contribution < 1.29 is 28.5 Å². The molecule has 0 atom stereocenters. The maximum absolute atomic E-state index is 10.4. The van der Waals surface area contributed by atoms with Gasteiger partial charge in [-0.2, -0.15) is 0 Å². The highest BCUT2D eigenvalue weighted by molar-refractivity contribution is 7.46. The van der Waals surface area contributed by atoms with Crippen molar-refractivity contribution in [2.45, 2.75) is 71.1 Å². The summed E-state index contributed by atoms with van der Waals surface area (Å²) in [4.78, 5) is 16.9. The molecule has 24 heavy (non-hydrogen) atoms. The van der Waals surface area contributed by atoms with Crippen LogP contribution in [0.2, 0.25) is 0 Å². The Labute approximate surface area is 149 Å². The van der Waals surface area contributed by atoms with Crippen LogP contribution in [0.1, 0.15) is 71.1 Å². The van der Waals surface area contributed by atoms with Gasteiger partial charge in [-0.15, -0.1) is 0 Å². The molecule has 0 unspecified atom stereocenters. The van der Waals surface area contributed by atoms with Gasteiger partial charge in [0, 0.05) is 0 Å². The topological polar surface area (TPSA) is 87.0 Å². The molecule has 0 aromatic heterocycles. The molecule has 0 spiro atoms. The van der Waals surface area contributed by atoms with Crippen LogP contribution in [0.3, 0.4) is 0 Å². The van der Waals surface area contributed by atoms with Crippen molar-refractivity contribution in [3.8, 4) is 0 Å². The molecular weight excluding hydrogens is 329 g/mol. The molecule has 0 aliphatic heterocycles. The average molecular weight is 370 g/mol. The summed E-state index contributed by atoms with van der Waals surface area (Å²) in [7, 11) is 1.91. The highest BCUT2D eigenvalue weighted by Crippen LogP contribution is 2.35. The molecule has 0 aliphatic rings. The Morgan fingerprint density at radius 1 is 0.833 bits per heavy atom. The van der Waals surface area contributed by atoms with E-state index in [4.69, 9.17) is 14.9 Å². The third-order valence-electron chi connectivity index (χ3n) is 3.53. The molecule has 0 amide bonds. The lowest BCUT2D eigenvalue weighted by Gasteiger charge is -2.21. The smallest absolute Gasteiger partial charge is 0.391 e. The summed E-state index contributed by atoms with van der Waals surface area (Å²) in [6, 6.07) is 0. The van der Waals surface area contributed by atoms with E-state index >= 15 is 0 Å². The van der Waals surface area contributed by atoms with Crippen LogP contribution in [0.5, 0.6) is 0 Å². The number of unbranched alkanes of at least 4 members (excludes halogenated alkanes) is 9. The number of aliphatic hydroxyl groups is 1. The van der Waals surface area contributed by atoms with Crippen LogP contribution >= 0.6 is 7.82 Å². The van der Waals surface area contributed by atoms with Crippen molar-refractivity contribution in [3.05, 3.63) is 0 Å². The van der Waals surface area contributed by atoms with E-state index in [-0.39, 0.29) is 13.2 Å². The van der Waals surface area contributed by atoms with E-state index in [0.717, 1.165) is 30.3 Å².